The highest BCUT2D eigenvalue weighted by atomic mass is 35.5. The Labute approximate surface area is 205 Å². The van der Waals surface area contributed by atoms with Crippen LogP contribution in [0.15, 0.2) is 36.4 Å². The largest absolute Gasteiger partial charge is 0.497 e. The lowest BCUT2D eigenvalue weighted by Gasteiger charge is -2.36. The molecule has 1 aromatic heterocycles. The third-order valence-corrected chi connectivity index (χ3v) is 7.48. The molecule has 168 valence electrons. The lowest BCUT2D eigenvalue weighted by Crippen LogP contribution is -2.51. The number of hydrogen-bond donors (Lipinski definition) is 1. The van der Waals surface area contributed by atoms with Gasteiger partial charge in [-0.05, 0) is 24.4 Å². The van der Waals surface area contributed by atoms with Crippen molar-refractivity contribution in [1.29, 1.82) is 0 Å². The molecule has 0 atom stereocenters. The highest BCUT2D eigenvalue weighted by molar-refractivity contribution is 7.80. The van der Waals surface area contributed by atoms with E-state index in [1.807, 2.05) is 34.1 Å². The number of nitrogens with zero attached hydrogens (tertiary/aromatic N) is 2. The first kappa shape index (κ1) is 22.9. The van der Waals surface area contributed by atoms with Crippen LogP contribution in [-0.4, -0.2) is 61.2 Å². The molecular formula is C22H21Cl2N3O3S2. The number of methoxy groups -OCH3 is 2. The van der Waals surface area contributed by atoms with Gasteiger partial charge in [0.1, 0.15) is 16.4 Å². The minimum atomic E-state index is -0.0663. The van der Waals surface area contributed by atoms with Crippen LogP contribution in [0, 0.1) is 0 Å². The Hall–Kier alpha value is -2.26. The smallest absolute Gasteiger partial charge is 0.265 e. The molecule has 4 rings (SSSR count). The van der Waals surface area contributed by atoms with E-state index in [4.69, 9.17) is 44.9 Å². The minimum Gasteiger partial charge on any atom is -0.497 e. The molecule has 0 unspecified atom stereocenters. The fourth-order valence-electron chi connectivity index (χ4n) is 3.51. The number of hydrogen-bond acceptors (Lipinski definition) is 5. The van der Waals surface area contributed by atoms with Gasteiger partial charge in [0.25, 0.3) is 5.91 Å². The maximum atomic E-state index is 13.1. The average Bonchev–Trinajstić information content (AvgIpc) is 3.13. The fourth-order valence-corrected chi connectivity index (χ4v) is 5.57. The monoisotopic (exact) mass is 509 g/mol. The highest BCUT2D eigenvalue weighted by Gasteiger charge is 2.27. The molecule has 0 radical (unpaired) electrons. The third-order valence-electron chi connectivity index (χ3n) is 5.24. The lowest BCUT2D eigenvalue weighted by atomic mass is 10.2. The van der Waals surface area contributed by atoms with Crippen LogP contribution >= 0.6 is 46.8 Å². The van der Waals surface area contributed by atoms with E-state index >= 15 is 0 Å². The minimum absolute atomic E-state index is 0.0663. The molecule has 0 saturated carbocycles. The Morgan fingerprint density at radius 1 is 1.00 bits per heavy atom. The van der Waals surface area contributed by atoms with Gasteiger partial charge < -0.3 is 24.6 Å². The molecule has 0 aliphatic carbocycles. The number of fused-ring (bicyclic) bond motifs is 1. The second-order valence-corrected chi connectivity index (χ2v) is 9.45. The molecule has 0 spiro atoms. The van der Waals surface area contributed by atoms with E-state index in [-0.39, 0.29) is 5.91 Å². The van der Waals surface area contributed by atoms with Crippen LogP contribution in [-0.2, 0) is 0 Å². The maximum Gasteiger partial charge on any atom is 0.265 e. The van der Waals surface area contributed by atoms with Crippen LogP contribution in [0.4, 0.5) is 5.69 Å². The quantitative estimate of drug-likeness (QED) is 0.476. The summed E-state index contributed by atoms with van der Waals surface area (Å²) in [5.74, 6) is 1.28. The van der Waals surface area contributed by atoms with Crippen LogP contribution < -0.4 is 14.8 Å². The molecular weight excluding hydrogens is 489 g/mol. The molecule has 10 heteroatoms. The third kappa shape index (κ3) is 4.73. The van der Waals surface area contributed by atoms with Crippen molar-refractivity contribution in [2.45, 2.75) is 0 Å². The van der Waals surface area contributed by atoms with Crippen molar-refractivity contribution in [3.63, 3.8) is 0 Å². The van der Waals surface area contributed by atoms with Crippen molar-refractivity contribution >= 4 is 73.5 Å². The molecule has 2 heterocycles. The first-order valence-corrected chi connectivity index (χ1v) is 11.8. The number of thiophene rings is 1. The highest BCUT2D eigenvalue weighted by Crippen LogP contribution is 2.37. The summed E-state index contributed by atoms with van der Waals surface area (Å²) in [6.07, 6.45) is 0. The molecule has 3 aromatic rings. The first-order valence-electron chi connectivity index (χ1n) is 9.85. The Kier molecular flexibility index (Phi) is 6.95. The van der Waals surface area contributed by atoms with Crippen molar-refractivity contribution < 1.29 is 14.3 Å². The number of thiocarbonyl (C=S) groups is 1. The molecule has 32 heavy (non-hydrogen) atoms. The second kappa shape index (κ2) is 9.70. The van der Waals surface area contributed by atoms with Crippen molar-refractivity contribution in [2.75, 3.05) is 45.7 Å². The molecule has 2 aromatic carbocycles. The molecule has 1 amide bonds. The molecule has 1 fully saturated rings. The van der Waals surface area contributed by atoms with Crippen LogP contribution in [0.1, 0.15) is 9.67 Å². The van der Waals surface area contributed by atoms with Gasteiger partial charge in [0.05, 0.1) is 19.2 Å². The van der Waals surface area contributed by atoms with E-state index in [0.717, 1.165) is 15.8 Å². The number of halogens is 2. The van der Waals surface area contributed by atoms with Gasteiger partial charge in [-0.3, -0.25) is 4.79 Å². The van der Waals surface area contributed by atoms with Crippen LogP contribution in [0.2, 0.25) is 10.0 Å². The zero-order chi connectivity index (χ0) is 22.8. The number of carbonyl (C=O) groups excluding carboxylic acids is 1. The van der Waals surface area contributed by atoms with E-state index in [9.17, 15) is 4.79 Å². The Balaban J connectivity index is 1.40. The Morgan fingerprint density at radius 2 is 1.62 bits per heavy atom. The molecule has 1 aliphatic heterocycles. The van der Waals surface area contributed by atoms with Crippen LogP contribution in [0.25, 0.3) is 10.1 Å². The summed E-state index contributed by atoms with van der Waals surface area (Å²) in [6, 6.07) is 11.0. The average molecular weight is 510 g/mol. The van der Waals surface area contributed by atoms with Gasteiger partial charge in [0, 0.05) is 65.2 Å². The van der Waals surface area contributed by atoms with Gasteiger partial charge in [0.2, 0.25) is 0 Å². The lowest BCUT2D eigenvalue weighted by molar-refractivity contribution is 0.0698. The van der Waals surface area contributed by atoms with E-state index < -0.39 is 0 Å². The molecule has 1 N–H and O–H groups in total. The molecule has 6 nitrogen and oxygen atoms in total. The summed E-state index contributed by atoms with van der Waals surface area (Å²) in [5.41, 5.74) is 0.778. The van der Waals surface area contributed by atoms with Gasteiger partial charge in [-0.2, -0.15) is 0 Å². The number of nitrogens with one attached hydrogen (secondary N) is 1. The number of anilines is 1. The van der Waals surface area contributed by atoms with E-state index in [0.29, 0.717) is 57.7 Å². The fraction of sp³-hybridized carbons (Fsp3) is 0.273. The number of benzene rings is 2. The Morgan fingerprint density at radius 3 is 2.25 bits per heavy atom. The summed E-state index contributed by atoms with van der Waals surface area (Å²) >= 11 is 19.5. The van der Waals surface area contributed by atoms with Gasteiger partial charge in [-0.15, -0.1) is 11.3 Å². The van der Waals surface area contributed by atoms with Crippen LogP contribution in [0.5, 0.6) is 11.5 Å². The topological polar surface area (TPSA) is 54.0 Å². The number of rotatable bonds is 4. The summed E-state index contributed by atoms with van der Waals surface area (Å²) in [6.45, 7) is 2.33. The van der Waals surface area contributed by atoms with E-state index in [1.165, 1.54) is 11.3 Å². The first-order chi connectivity index (χ1) is 15.4. The normalized spacial score (nSPS) is 13.9. The zero-order valence-corrected chi connectivity index (χ0v) is 20.6. The van der Waals surface area contributed by atoms with Crippen LogP contribution in [0.3, 0.4) is 0 Å². The zero-order valence-electron chi connectivity index (χ0n) is 17.5. The predicted molar refractivity (Wildman–Crippen MR) is 135 cm³/mol. The van der Waals surface area contributed by atoms with Crippen molar-refractivity contribution in [3.8, 4) is 11.5 Å². The van der Waals surface area contributed by atoms with E-state index in [2.05, 4.69) is 5.32 Å². The van der Waals surface area contributed by atoms with Crippen molar-refractivity contribution in [1.82, 2.24) is 9.80 Å². The SMILES string of the molecule is COc1cc(NC(=S)N2CCN(C(=O)c3sc4cc(Cl)ccc4c3Cl)CC2)cc(OC)c1. The Bertz CT molecular complexity index is 1150. The number of carbonyl (C=O) groups is 1. The number of amides is 1. The van der Waals surface area contributed by atoms with Crippen molar-refractivity contribution in [2.24, 2.45) is 0 Å². The summed E-state index contributed by atoms with van der Waals surface area (Å²) in [7, 11) is 3.20. The van der Waals surface area contributed by atoms with Gasteiger partial charge >= 0.3 is 0 Å². The van der Waals surface area contributed by atoms with Gasteiger partial charge in [-0.25, -0.2) is 0 Å². The molecule has 0 bridgehead atoms. The summed E-state index contributed by atoms with van der Waals surface area (Å²) in [4.78, 5) is 17.5. The summed E-state index contributed by atoms with van der Waals surface area (Å²) in [5, 5.41) is 5.77. The molecule has 1 aliphatic rings. The summed E-state index contributed by atoms with van der Waals surface area (Å²) < 4.78 is 11.5. The predicted octanol–water partition coefficient (Wildman–Crippen LogP) is 5.38. The molecule has 1 saturated heterocycles. The second-order valence-electron chi connectivity index (χ2n) is 7.20. The van der Waals surface area contributed by atoms with Crippen molar-refractivity contribution in [3.05, 3.63) is 51.3 Å². The number of ether oxygens (including phenoxy) is 2. The van der Waals surface area contributed by atoms with Gasteiger partial charge in [-0.1, -0.05) is 29.3 Å². The standard InChI is InChI=1S/C22H21Cl2N3O3S2/c1-29-15-10-14(11-16(12-15)30-2)25-22(31)27-7-5-26(6-8-27)21(28)20-19(24)17-4-3-13(23)9-18(17)32-20/h3-4,9-12H,5-8H2,1-2H3,(H,25,31). The van der Waals surface area contributed by atoms with Gasteiger partial charge in [0.15, 0.2) is 5.11 Å². The van der Waals surface area contributed by atoms with E-state index in [1.54, 1.807) is 26.4 Å². The maximum absolute atomic E-state index is 13.1. The number of piperazine rings is 1.